The van der Waals surface area contributed by atoms with Crippen LogP contribution in [0.5, 0.6) is 5.75 Å². The molecule has 0 amide bonds. The summed E-state index contributed by atoms with van der Waals surface area (Å²) in [6, 6.07) is 4.72. The zero-order valence-corrected chi connectivity index (χ0v) is 9.98. The second-order valence-electron chi connectivity index (χ2n) is 3.85. The van der Waals surface area contributed by atoms with Crippen LogP contribution >= 0.6 is 11.6 Å². The Labute approximate surface area is 104 Å². The van der Waals surface area contributed by atoms with E-state index in [1.807, 2.05) is 0 Å². The van der Waals surface area contributed by atoms with Gasteiger partial charge in [0.05, 0.1) is 25.4 Å². The molecule has 0 heterocycles. The number of nitrogens with one attached hydrogen (secondary N) is 1. The van der Waals surface area contributed by atoms with Gasteiger partial charge in [-0.15, -0.1) is 0 Å². The number of hydrogen-bond acceptors (Lipinski definition) is 5. The molecule has 96 valence electrons. The Morgan fingerprint density at radius 2 is 1.71 bits per heavy atom. The summed E-state index contributed by atoms with van der Waals surface area (Å²) in [5.74, 6) is 0.0210. The molecule has 17 heavy (non-hydrogen) atoms. The van der Waals surface area contributed by atoms with Gasteiger partial charge in [-0.05, 0) is 12.1 Å². The van der Waals surface area contributed by atoms with Gasteiger partial charge in [0.15, 0.2) is 0 Å². The van der Waals surface area contributed by atoms with Gasteiger partial charge >= 0.3 is 0 Å². The van der Waals surface area contributed by atoms with Crippen molar-refractivity contribution in [3.8, 4) is 5.75 Å². The standard InChI is InChI=1S/C11H16ClNO4/c12-9-2-1-3-10(17)8(9)4-13-11(5-14,6-15)7-16/h1-3,13-17H,4-7H2. The molecule has 0 radical (unpaired) electrons. The van der Waals surface area contributed by atoms with Gasteiger partial charge in [-0.2, -0.15) is 0 Å². The third-order valence-electron chi connectivity index (χ3n) is 2.64. The van der Waals surface area contributed by atoms with E-state index >= 15 is 0 Å². The summed E-state index contributed by atoms with van der Waals surface area (Å²) in [7, 11) is 0. The monoisotopic (exact) mass is 261 g/mol. The molecule has 6 heteroatoms. The Morgan fingerprint density at radius 1 is 1.12 bits per heavy atom. The highest BCUT2D eigenvalue weighted by Gasteiger charge is 2.27. The summed E-state index contributed by atoms with van der Waals surface area (Å²) in [6.45, 7) is -1.14. The number of hydrogen-bond donors (Lipinski definition) is 5. The molecule has 1 aromatic carbocycles. The average molecular weight is 262 g/mol. The molecule has 0 aliphatic carbocycles. The third kappa shape index (κ3) is 3.31. The number of benzene rings is 1. The summed E-state index contributed by atoms with van der Waals surface area (Å²) in [5, 5.41) is 40.1. The van der Waals surface area contributed by atoms with Crippen LogP contribution < -0.4 is 5.32 Å². The van der Waals surface area contributed by atoms with Crippen LogP contribution in [0.1, 0.15) is 5.56 Å². The van der Waals surface area contributed by atoms with E-state index < -0.39 is 25.4 Å². The third-order valence-corrected chi connectivity index (χ3v) is 3.00. The first-order valence-corrected chi connectivity index (χ1v) is 5.50. The first kappa shape index (κ1) is 14.2. The first-order valence-electron chi connectivity index (χ1n) is 5.12. The highest BCUT2D eigenvalue weighted by Crippen LogP contribution is 2.25. The largest absolute Gasteiger partial charge is 0.508 e. The fraction of sp³-hybridized carbons (Fsp3) is 0.455. The second kappa shape index (κ2) is 6.18. The molecule has 0 spiro atoms. The lowest BCUT2D eigenvalue weighted by Gasteiger charge is -2.29. The minimum Gasteiger partial charge on any atom is -0.508 e. The predicted molar refractivity (Wildman–Crippen MR) is 63.9 cm³/mol. The summed E-state index contributed by atoms with van der Waals surface area (Å²) in [4.78, 5) is 0. The van der Waals surface area contributed by atoms with E-state index in [2.05, 4.69) is 5.32 Å². The molecule has 0 unspecified atom stereocenters. The SMILES string of the molecule is OCC(CO)(CO)NCc1c(O)cccc1Cl. The molecule has 1 aromatic rings. The van der Waals surface area contributed by atoms with Crippen molar-refractivity contribution in [1.29, 1.82) is 0 Å². The topological polar surface area (TPSA) is 93.0 Å². The van der Waals surface area contributed by atoms with Crippen molar-refractivity contribution in [1.82, 2.24) is 5.32 Å². The molecule has 5 N–H and O–H groups in total. The number of aromatic hydroxyl groups is 1. The van der Waals surface area contributed by atoms with Crippen molar-refractivity contribution in [2.45, 2.75) is 12.1 Å². The van der Waals surface area contributed by atoms with Gasteiger partial charge < -0.3 is 25.7 Å². The van der Waals surface area contributed by atoms with Crippen LogP contribution in [0.25, 0.3) is 0 Å². The quantitative estimate of drug-likeness (QED) is 0.491. The average Bonchev–Trinajstić information content (AvgIpc) is 2.34. The van der Waals surface area contributed by atoms with Gasteiger partial charge in [0.1, 0.15) is 5.75 Å². The van der Waals surface area contributed by atoms with E-state index in [0.29, 0.717) is 10.6 Å². The van der Waals surface area contributed by atoms with Crippen LogP contribution in [0.3, 0.4) is 0 Å². The van der Waals surface area contributed by atoms with E-state index in [-0.39, 0.29) is 12.3 Å². The predicted octanol–water partition coefficient (Wildman–Crippen LogP) is -0.149. The molecular formula is C11H16ClNO4. The zero-order chi connectivity index (χ0) is 12.9. The second-order valence-corrected chi connectivity index (χ2v) is 4.25. The minimum atomic E-state index is -1.19. The van der Waals surface area contributed by atoms with Crippen molar-refractivity contribution in [2.24, 2.45) is 0 Å². The molecule has 5 nitrogen and oxygen atoms in total. The van der Waals surface area contributed by atoms with E-state index in [1.54, 1.807) is 12.1 Å². The smallest absolute Gasteiger partial charge is 0.121 e. The molecule has 0 aromatic heterocycles. The summed E-state index contributed by atoms with van der Waals surface area (Å²) in [6.07, 6.45) is 0. The fourth-order valence-electron chi connectivity index (χ4n) is 1.32. The summed E-state index contributed by atoms with van der Waals surface area (Å²) >= 11 is 5.90. The lowest BCUT2D eigenvalue weighted by atomic mass is 10.0. The van der Waals surface area contributed by atoms with Gasteiger partial charge in [0.2, 0.25) is 0 Å². The van der Waals surface area contributed by atoms with Crippen LogP contribution in [-0.4, -0.2) is 45.8 Å². The molecule has 0 fully saturated rings. The maximum atomic E-state index is 9.59. The highest BCUT2D eigenvalue weighted by atomic mass is 35.5. The van der Waals surface area contributed by atoms with Gasteiger partial charge in [-0.3, -0.25) is 0 Å². The van der Waals surface area contributed by atoms with Gasteiger partial charge in [0, 0.05) is 17.1 Å². The number of phenols is 1. The van der Waals surface area contributed by atoms with E-state index in [4.69, 9.17) is 26.9 Å². The summed E-state index contributed by atoms with van der Waals surface area (Å²) in [5.41, 5.74) is -0.736. The summed E-state index contributed by atoms with van der Waals surface area (Å²) < 4.78 is 0. The van der Waals surface area contributed by atoms with Crippen molar-refractivity contribution in [3.05, 3.63) is 28.8 Å². The van der Waals surface area contributed by atoms with Crippen LogP contribution in [0.15, 0.2) is 18.2 Å². The number of rotatable bonds is 6. The number of aliphatic hydroxyl groups excluding tert-OH is 3. The van der Waals surface area contributed by atoms with Crippen LogP contribution in [0.2, 0.25) is 5.02 Å². The Morgan fingerprint density at radius 3 is 2.18 bits per heavy atom. The van der Waals surface area contributed by atoms with E-state index in [1.165, 1.54) is 6.07 Å². The first-order chi connectivity index (χ1) is 8.08. The maximum Gasteiger partial charge on any atom is 0.121 e. The number of halogens is 1. The zero-order valence-electron chi connectivity index (χ0n) is 9.23. The molecule has 1 rings (SSSR count). The van der Waals surface area contributed by atoms with E-state index in [9.17, 15) is 5.11 Å². The van der Waals surface area contributed by atoms with Crippen LogP contribution in [-0.2, 0) is 6.54 Å². The van der Waals surface area contributed by atoms with Crippen molar-refractivity contribution < 1.29 is 20.4 Å². The van der Waals surface area contributed by atoms with Crippen molar-refractivity contribution >= 4 is 11.6 Å². The van der Waals surface area contributed by atoms with Gasteiger partial charge in [0.25, 0.3) is 0 Å². The van der Waals surface area contributed by atoms with Crippen LogP contribution in [0, 0.1) is 0 Å². The van der Waals surface area contributed by atoms with Crippen molar-refractivity contribution in [3.63, 3.8) is 0 Å². The molecule has 0 bridgehead atoms. The van der Waals surface area contributed by atoms with Crippen molar-refractivity contribution in [2.75, 3.05) is 19.8 Å². The highest BCUT2D eigenvalue weighted by molar-refractivity contribution is 6.31. The maximum absolute atomic E-state index is 9.59. The molecule has 0 aliphatic heterocycles. The fourth-order valence-corrected chi connectivity index (χ4v) is 1.55. The molecule has 0 saturated carbocycles. The Hall–Kier alpha value is -0.850. The van der Waals surface area contributed by atoms with Crippen LogP contribution in [0.4, 0.5) is 0 Å². The normalized spacial score (nSPS) is 11.8. The Kier molecular flexibility index (Phi) is 5.17. The molecule has 0 saturated heterocycles. The van der Waals surface area contributed by atoms with Gasteiger partial charge in [-0.1, -0.05) is 17.7 Å². The lowest BCUT2D eigenvalue weighted by molar-refractivity contribution is 0.0412. The minimum absolute atomic E-state index is 0.0210. The van der Waals surface area contributed by atoms with Gasteiger partial charge in [-0.25, -0.2) is 0 Å². The molecule has 0 atom stereocenters. The van der Waals surface area contributed by atoms with E-state index in [0.717, 1.165) is 0 Å². The number of phenolic OH excluding ortho intramolecular Hbond substituents is 1. The lowest BCUT2D eigenvalue weighted by Crippen LogP contribution is -2.54. The molecular weight excluding hydrogens is 246 g/mol. The number of aliphatic hydroxyl groups is 3. The Balaban J connectivity index is 2.79. The Bertz CT molecular complexity index is 340. The molecule has 0 aliphatic rings.